The van der Waals surface area contributed by atoms with Crippen molar-refractivity contribution in [2.45, 2.75) is 4.58 Å². The fourth-order valence-corrected chi connectivity index (χ4v) is 4.87. The second-order valence-corrected chi connectivity index (χ2v) is 6.37. The molecule has 0 bridgehead atoms. The molecule has 0 atom stereocenters. The van der Waals surface area contributed by atoms with E-state index in [1.165, 1.54) is 17.3 Å². The lowest BCUT2D eigenvalue weighted by Gasteiger charge is -2.03. The average molecular weight is 198 g/mol. The largest absolute Gasteiger partial charge is 0.168 e. The highest BCUT2D eigenvalue weighted by atomic mass is 32.2. The molecule has 0 nitrogen and oxygen atoms in total. The summed E-state index contributed by atoms with van der Waals surface area (Å²) in [5, 5.41) is 0.970. The van der Waals surface area contributed by atoms with Crippen LogP contribution in [0.2, 0.25) is 0 Å². The SMILES string of the molecule is SCSCC1SCCS1. The van der Waals surface area contributed by atoms with Gasteiger partial charge in [-0.25, -0.2) is 0 Å². The van der Waals surface area contributed by atoms with Crippen LogP contribution in [-0.2, 0) is 0 Å². The van der Waals surface area contributed by atoms with Gasteiger partial charge in [-0.05, 0) is 0 Å². The summed E-state index contributed by atoms with van der Waals surface area (Å²) in [6.07, 6.45) is 0. The minimum atomic E-state index is 0.863. The molecule has 1 aliphatic heterocycles. The lowest BCUT2D eigenvalue weighted by Crippen LogP contribution is -1.94. The van der Waals surface area contributed by atoms with Gasteiger partial charge in [0.1, 0.15) is 0 Å². The Morgan fingerprint density at radius 1 is 1.44 bits per heavy atom. The van der Waals surface area contributed by atoms with Crippen LogP contribution < -0.4 is 0 Å². The summed E-state index contributed by atoms with van der Waals surface area (Å²) in [5.74, 6) is 3.98. The van der Waals surface area contributed by atoms with Gasteiger partial charge in [-0.15, -0.1) is 35.3 Å². The van der Waals surface area contributed by atoms with Gasteiger partial charge < -0.3 is 0 Å². The molecule has 0 aromatic heterocycles. The maximum absolute atomic E-state index is 4.14. The number of hydrogen-bond donors (Lipinski definition) is 1. The fraction of sp³-hybridized carbons (Fsp3) is 1.00. The van der Waals surface area contributed by atoms with Crippen LogP contribution in [0.3, 0.4) is 0 Å². The van der Waals surface area contributed by atoms with Crippen molar-refractivity contribution >= 4 is 47.9 Å². The van der Waals surface area contributed by atoms with Crippen molar-refractivity contribution in [1.82, 2.24) is 0 Å². The van der Waals surface area contributed by atoms with E-state index < -0.39 is 0 Å². The Bertz CT molecular complexity index is 69.4. The Balaban J connectivity index is 1.98. The first-order valence-corrected chi connectivity index (χ1v) is 6.74. The average Bonchev–Trinajstić information content (AvgIpc) is 2.34. The Morgan fingerprint density at radius 2 is 2.11 bits per heavy atom. The van der Waals surface area contributed by atoms with Crippen molar-refractivity contribution in [3.8, 4) is 0 Å². The van der Waals surface area contributed by atoms with Gasteiger partial charge >= 0.3 is 0 Å². The zero-order valence-electron chi connectivity index (χ0n) is 5.08. The number of thiol groups is 1. The normalized spacial score (nSPS) is 21.0. The fourth-order valence-electron chi connectivity index (χ4n) is 0.652. The van der Waals surface area contributed by atoms with Crippen LogP contribution in [-0.4, -0.2) is 26.9 Å². The highest BCUT2D eigenvalue weighted by Crippen LogP contribution is 2.34. The predicted molar refractivity (Wildman–Crippen MR) is 55.0 cm³/mol. The first-order valence-electron chi connectivity index (χ1n) is 2.85. The van der Waals surface area contributed by atoms with Crippen molar-refractivity contribution in [2.24, 2.45) is 0 Å². The highest BCUT2D eigenvalue weighted by molar-refractivity contribution is 8.21. The maximum Gasteiger partial charge on any atom is 0.0593 e. The summed E-state index contributed by atoms with van der Waals surface area (Å²) in [6, 6.07) is 0. The van der Waals surface area contributed by atoms with Crippen LogP contribution in [0.1, 0.15) is 0 Å². The maximum atomic E-state index is 4.14. The van der Waals surface area contributed by atoms with Crippen LogP contribution in [0.4, 0.5) is 0 Å². The quantitative estimate of drug-likeness (QED) is 0.547. The third kappa shape index (κ3) is 3.35. The third-order valence-electron chi connectivity index (χ3n) is 1.04. The smallest absolute Gasteiger partial charge is 0.0593 e. The molecule has 0 aliphatic carbocycles. The molecule has 0 N–H and O–H groups in total. The van der Waals surface area contributed by atoms with Crippen molar-refractivity contribution in [3.05, 3.63) is 0 Å². The van der Waals surface area contributed by atoms with Crippen molar-refractivity contribution in [1.29, 1.82) is 0 Å². The van der Waals surface area contributed by atoms with Gasteiger partial charge in [-0.2, -0.15) is 12.6 Å². The van der Waals surface area contributed by atoms with E-state index in [2.05, 4.69) is 36.2 Å². The highest BCUT2D eigenvalue weighted by Gasteiger charge is 2.14. The molecule has 1 saturated heterocycles. The number of thioether (sulfide) groups is 3. The van der Waals surface area contributed by atoms with Crippen molar-refractivity contribution < 1.29 is 0 Å². The minimum Gasteiger partial charge on any atom is -0.168 e. The van der Waals surface area contributed by atoms with E-state index in [4.69, 9.17) is 0 Å². The van der Waals surface area contributed by atoms with Crippen LogP contribution in [0.25, 0.3) is 0 Å². The predicted octanol–water partition coefficient (Wildman–Crippen LogP) is 2.41. The molecular formula is C5H10S4. The molecule has 1 rings (SSSR count). The third-order valence-corrected chi connectivity index (χ3v) is 5.79. The summed E-state index contributed by atoms with van der Waals surface area (Å²) in [5.41, 5.74) is 0. The molecule has 54 valence electrons. The van der Waals surface area contributed by atoms with Crippen LogP contribution >= 0.6 is 47.9 Å². The minimum absolute atomic E-state index is 0.863. The van der Waals surface area contributed by atoms with Gasteiger partial charge in [0, 0.05) is 22.3 Å². The standard InChI is InChI=1S/C5H10S4/c6-4-7-3-5-8-1-2-9-5/h5-6H,1-4H2. The molecule has 1 aliphatic rings. The Morgan fingerprint density at radius 3 is 2.67 bits per heavy atom. The van der Waals surface area contributed by atoms with Gasteiger partial charge in [0.2, 0.25) is 0 Å². The van der Waals surface area contributed by atoms with Crippen molar-refractivity contribution in [2.75, 3.05) is 22.3 Å². The van der Waals surface area contributed by atoms with Gasteiger partial charge in [-0.1, -0.05) is 0 Å². The zero-order chi connectivity index (χ0) is 6.53. The van der Waals surface area contributed by atoms with Crippen LogP contribution in [0.5, 0.6) is 0 Å². The summed E-state index contributed by atoms with van der Waals surface area (Å²) < 4.78 is 0.863. The van der Waals surface area contributed by atoms with E-state index in [1.54, 1.807) is 0 Å². The van der Waals surface area contributed by atoms with E-state index in [0.717, 1.165) is 9.67 Å². The van der Waals surface area contributed by atoms with E-state index in [1.807, 2.05) is 11.8 Å². The zero-order valence-corrected chi connectivity index (χ0v) is 8.42. The van der Waals surface area contributed by atoms with E-state index >= 15 is 0 Å². The second kappa shape index (κ2) is 5.10. The van der Waals surface area contributed by atoms with Gasteiger partial charge in [-0.3, -0.25) is 0 Å². The van der Waals surface area contributed by atoms with Gasteiger partial charge in [0.15, 0.2) is 0 Å². The summed E-state index contributed by atoms with van der Waals surface area (Å²) in [4.78, 5) is 0. The molecule has 4 heteroatoms. The number of hydrogen-bond acceptors (Lipinski definition) is 4. The molecule has 0 unspecified atom stereocenters. The molecule has 1 heterocycles. The van der Waals surface area contributed by atoms with E-state index in [9.17, 15) is 0 Å². The molecule has 1 fully saturated rings. The first kappa shape index (κ1) is 8.50. The summed E-state index contributed by atoms with van der Waals surface area (Å²) in [7, 11) is 0. The van der Waals surface area contributed by atoms with E-state index in [0.29, 0.717) is 0 Å². The Labute approximate surface area is 74.7 Å². The van der Waals surface area contributed by atoms with E-state index in [-0.39, 0.29) is 0 Å². The first-order chi connectivity index (χ1) is 4.43. The molecule has 0 aromatic rings. The molecule has 0 aromatic carbocycles. The van der Waals surface area contributed by atoms with Crippen molar-refractivity contribution in [3.63, 3.8) is 0 Å². The summed E-state index contributed by atoms with van der Waals surface area (Å²) in [6.45, 7) is 0. The molecule has 0 radical (unpaired) electrons. The van der Waals surface area contributed by atoms with Gasteiger partial charge in [0.25, 0.3) is 0 Å². The molecule has 0 spiro atoms. The number of rotatable bonds is 3. The van der Waals surface area contributed by atoms with Crippen LogP contribution in [0.15, 0.2) is 0 Å². The second-order valence-electron chi connectivity index (χ2n) is 1.67. The summed E-state index contributed by atoms with van der Waals surface area (Å²) >= 11 is 10.2. The molecule has 0 saturated carbocycles. The molecule has 9 heavy (non-hydrogen) atoms. The van der Waals surface area contributed by atoms with Crippen LogP contribution in [0, 0.1) is 0 Å². The van der Waals surface area contributed by atoms with Gasteiger partial charge in [0.05, 0.1) is 4.58 Å². The molecule has 0 amide bonds. The monoisotopic (exact) mass is 198 g/mol. The Kier molecular flexibility index (Phi) is 4.82. The Hall–Kier alpha value is 1.40. The lowest BCUT2D eigenvalue weighted by molar-refractivity contribution is 1.47. The topological polar surface area (TPSA) is 0 Å². The lowest BCUT2D eigenvalue weighted by atomic mass is 10.9. The molecular weight excluding hydrogens is 188 g/mol.